The maximum Gasteiger partial charge on any atom is 0.221 e. The van der Waals surface area contributed by atoms with Gasteiger partial charge in [0.2, 0.25) is 11.7 Å². The van der Waals surface area contributed by atoms with E-state index in [1.54, 1.807) is 0 Å². The normalized spacial score (nSPS) is 46.3. The lowest BCUT2D eigenvalue weighted by Crippen LogP contribution is -2.64. The number of carbonyl (C=O) groups is 1. The van der Waals surface area contributed by atoms with Crippen LogP contribution in [-0.2, 0) is 19.0 Å². The van der Waals surface area contributed by atoms with E-state index in [1.165, 1.54) is 0 Å². The summed E-state index contributed by atoms with van der Waals surface area (Å²) in [6.45, 7) is -0.913. The van der Waals surface area contributed by atoms with Crippen molar-refractivity contribution in [2.45, 2.75) is 61.7 Å². The van der Waals surface area contributed by atoms with Crippen molar-refractivity contribution in [2.75, 3.05) is 19.8 Å². The molecular formula is C14H25NO11. The van der Waals surface area contributed by atoms with Crippen LogP contribution in [0.15, 0.2) is 0 Å². The summed E-state index contributed by atoms with van der Waals surface area (Å²) in [5, 5.41) is 70.7. The van der Waals surface area contributed by atoms with Crippen LogP contribution in [-0.4, -0.2) is 116 Å². The second kappa shape index (κ2) is 8.39. The van der Waals surface area contributed by atoms with E-state index in [1.807, 2.05) is 0 Å². The van der Waals surface area contributed by atoms with Crippen LogP contribution in [0.3, 0.4) is 0 Å². The molecule has 2 fully saturated rings. The monoisotopic (exact) mass is 383 g/mol. The lowest BCUT2D eigenvalue weighted by Gasteiger charge is -2.41. The van der Waals surface area contributed by atoms with Crippen molar-refractivity contribution in [2.24, 2.45) is 0 Å². The van der Waals surface area contributed by atoms with E-state index in [-0.39, 0.29) is 0 Å². The molecule has 2 rings (SSSR count). The van der Waals surface area contributed by atoms with Gasteiger partial charge in [-0.25, -0.2) is 0 Å². The van der Waals surface area contributed by atoms with Crippen LogP contribution >= 0.6 is 0 Å². The summed E-state index contributed by atoms with van der Waals surface area (Å²) in [5.74, 6) is -2.63. The molecule has 26 heavy (non-hydrogen) atoms. The molecule has 0 radical (unpaired) electrons. The van der Waals surface area contributed by atoms with Crippen molar-refractivity contribution < 1.29 is 54.8 Å². The summed E-state index contributed by atoms with van der Waals surface area (Å²) >= 11 is 0. The molecule has 2 aliphatic heterocycles. The zero-order chi connectivity index (χ0) is 19.6. The van der Waals surface area contributed by atoms with E-state index in [0.29, 0.717) is 0 Å². The first kappa shape index (κ1) is 21.4. The van der Waals surface area contributed by atoms with Gasteiger partial charge in [-0.1, -0.05) is 0 Å². The van der Waals surface area contributed by atoms with Gasteiger partial charge in [0.25, 0.3) is 0 Å². The van der Waals surface area contributed by atoms with E-state index >= 15 is 0 Å². The number of carbonyl (C=O) groups excluding carboxylic acids is 1. The molecule has 0 unspecified atom stereocenters. The molecule has 0 spiro atoms. The molecule has 0 aromatic heterocycles. The molecule has 0 saturated carbocycles. The van der Waals surface area contributed by atoms with Crippen LogP contribution in [0.1, 0.15) is 6.92 Å². The van der Waals surface area contributed by atoms with Crippen molar-refractivity contribution in [1.82, 2.24) is 5.32 Å². The summed E-state index contributed by atoms with van der Waals surface area (Å²) in [6, 6.07) is -1.26. The topological polar surface area (TPSA) is 198 Å². The van der Waals surface area contributed by atoms with E-state index < -0.39 is 80.5 Å². The minimum Gasteiger partial charge on any atom is -0.394 e. The Kier molecular flexibility index (Phi) is 6.90. The predicted molar refractivity (Wildman–Crippen MR) is 80.2 cm³/mol. The summed E-state index contributed by atoms with van der Waals surface area (Å²) < 4.78 is 15.6. The highest BCUT2D eigenvalue weighted by molar-refractivity contribution is 5.73. The number of hydrogen-bond donors (Lipinski definition) is 8. The van der Waals surface area contributed by atoms with Gasteiger partial charge in [-0.3, -0.25) is 4.79 Å². The summed E-state index contributed by atoms with van der Waals surface area (Å²) in [6.07, 6.45) is -10.5. The molecule has 2 heterocycles. The Labute approximate surface area is 148 Å². The third-order valence-electron chi connectivity index (χ3n) is 4.49. The van der Waals surface area contributed by atoms with Crippen LogP contribution < -0.4 is 5.32 Å². The Bertz CT molecular complexity index is 494. The van der Waals surface area contributed by atoms with E-state index in [2.05, 4.69) is 5.32 Å². The Balaban J connectivity index is 2.03. The van der Waals surface area contributed by atoms with E-state index in [4.69, 9.17) is 19.3 Å². The van der Waals surface area contributed by atoms with Gasteiger partial charge in [-0.15, -0.1) is 0 Å². The fourth-order valence-corrected chi connectivity index (χ4v) is 3.00. The molecular weight excluding hydrogens is 358 g/mol. The number of amides is 1. The molecule has 0 aromatic carbocycles. The predicted octanol–water partition coefficient (Wildman–Crippen LogP) is -5.25. The first-order valence-corrected chi connectivity index (χ1v) is 8.03. The number of aliphatic hydroxyl groups is 7. The lowest BCUT2D eigenvalue weighted by atomic mass is 9.97. The highest BCUT2D eigenvalue weighted by atomic mass is 16.7. The Morgan fingerprint density at radius 1 is 1.08 bits per heavy atom. The fourth-order valence-electron chi connectivity index (χ4n) is 3.00. The number of nitrogens with one attached hydrogen (secondary N) is 1. The van der Waals surface area contributed by atoms with Gasteiger partial charge in [-0.05, 0) is 0 Å². The Morgan fingerprint density at radius 3 is 2.23 bits per heavy atom. The second-order valence-electron chi connectivity index (χ2n) is 6.33. The van der Waals surface area contributed by atoms with Crippen LogP contribution in [0.25, 0.3) is 0 Å². The highest BCUT2D eigenvalue weighted by Crippen LogP contribution is 2.33. The van der Waals surface area contributed by atoms with Crippen molar-refractivity contribution in [3.05, 3.63) is 0 Å². The molecule has 12 nitrogen and oxygen atoms in total. The largest absolute Gasteiger partial charge is 0.394 e. The summed E-state index contributed by atoms with van der Waals surface area (Å²) in [7, 11) is 0. The fraction of sp³-hybridized carbons (Fsp3) is 0.929. The van der Waals surface area contributed by atoms with Gasteiger partial charge < -0.3 is 55.3 Å². The average Bonchev–Trinajstić information content (AvgIpc) is 2.85. The van der Waals surface area contributed by atoms with Gasteiger partial charge >= 0.3 is 0 Å². The van der Waals surface area contributed by atoms with Gasteiger partial charge in [0.1, 0.15) is 49.3 Å². The van der Waals surface area contributed by atoms with Gasteiger partial charge in [0.05, 0.1) is 13.2 Å². The minimum absolute atomic E-state index is 0.551. The van der Waals surface area contributed by atoms with Crippen LogP contribution in [0, 0.1) is 0 Å². The smallest absolute Gasteiger partial charge is 0.221 e. The molecule has 0 bridgehead atoms. The van der Waals surface area contributed by atoms with E-state index in [9.17, 15) is 35.4 Å². The number of aliphatic hydroxyl groups excluding tert-OH is 7. The maximum atomic E-state index is 11.1. The minimum atomic E-state index is -2.08. The quantitative estimate of drug-likeness (QED) is 0.218. The average molecular weight is 383 g/mol. The molecule has 1 amide bonds. The molecule has 12 heteroatoms. The zero-order valence-electron chi connectivity index (χ0n) is 14.0. The highest BCUT2D eigenvalue weighted by Gasteiger charge is 2.56. The Hall–Kier alpha value is -0.930. The third kappa shape index (κ3) is 3.99. The number of hydrogen-bond acceptors (Lipinski definition) is 11. The first-order chi connectivity index (χ1) is 12.2. The van der Waals surface area contributed by atoms with Gasteiger partial charge in [-0.2, -0.15) is 0 Å². The number of ether oxygens (including phenoxy) is 3. The Morgan fingerprint density at radius 2 is 1.73 bits per heavy atom. The molecule has 8 N–H and O–H groups in total. The van der Waals surface area contributed by atoms with E-state index in [0.717, 1.165) is 6.92 Å². The zero-order valence-corrected chi connectivity index (χ0v) is 14.0. The molecule has 2 saturated heterocycles. The molecule has 2 aliphatic rings. The van der Waals surface area contributed by atoms with Crippen molar-refractivity contribution in [3.8, 4) is 0 Å². The molecule has 152 valence electrons. The van der Waals surface area contributed by atoms with Gasteiger partial charge in [0.15, 0.2) is 6.29 Å². The molecule has 0 aromatic rings. The standard InChI is InChI=1S/C14H25NO11/c1-5(18)15-8-11(21)9(19)7(25-13(8)23)3-24-14(4-17)12(22)10(20)6(2-16)26-14/h6-13,16-17,19-23H,2-4H2,1H3,(H,15,18)/t6-,7-,8-,9-,10-,11-,12+,13+,14-/m1/s1. The molecule has 0 aliphatic carbocycles. The van der Waals surface area contributed by atoms with Crippen molar-refractivity contribution >= 4 is 5.91 Å². The summed E-state index contributed by atoms with van der Waals surface area (Å²) in [4.78, 5) is 11.1. The van der Waals surface area contributed by atoms with Crippen LogP contribution in [0.5, 0.6) is 0 Å². The number of rotatable bonds is 6. The third-order valence-corrected chi connectivity index (χ3v) is 4.49. The van der Waals surface area contributed by atoms with Crippen LogP contribution in [0.2, 0.25) is 0 Å². The maximum absolute atomic E-state index is 11.1. The SMILES string of the molecule is CC(=O)N[C@@H]1[C@@H](O)[C@H](O)[C@@H](CO[C@]2(CO)O[C@H](CO)[C@@H](O)[C@@H]2O)O[C@@H]1O. The first-order valence-electron chi connectivity index (χ1n) is 8.03. The van der Waals surface area contributed by atoms with Gasteiger partial charge in [0, 0.05) is 6.92 Å². The van der Waals surface area contributed by atoms with Crippen LogP contribution in [0.4, 0.5) is 0 Å². The summed E-state index contributed by atoms with van der Waals surface area (Å²) in [5.41, 5.74) is 0. The lowest BCUT2D eigenvalue weighted by molar-refractivity contribution is -0.309. The van der Waals surface area contributed by atoms with Crippen molar-refractivity contribution in [3.63, 3.8) is 0 Å². The van der Waals surface area contributed by atoms with Crippen molar-refractivity contribution in [1.29, 1.82) is 0 Å². The molecule has 9 atom stereocenters. The second-order valence-corrected chi connectivity index (χ2v) is 6.33.